The van der Waals surface area contributed by atoms with Gasteiger partial charge in [0.2, 0.25) is 5.91 Å². The molecular formula is C16H19N5OS. The van der Waals surface area contributed by atoms with E-state index in [4.69, 9.17) is 0 Å². The Morgan fingerprint density at radius 3 is 3.09 bits per heavy atom. The molecule has 3 unspecified atom stereocenters. The first-order chi connectivity index (χ1) is 11.3. The van der Waals surface area contributed by atoms with E-state index < -0.39 is 0 Å². The summed E-state index contributed by atoms with van der Waals surface area (Å²) in [5.74, 6) is 0.375. The minimum Gasteiger partial charge on any atom is -0.301 e. The molecule has 7 heteroatoms. The molecule has 2 aliphatic rings. The van der Waals surface area contributed by atoms with Crippen molar-refractivity contribution >= 4 is 22.4 Å². The van der Waals surface area contributed by atoms with Crippen molar-refractivity contribution in [3.8, 4) is 11.3 Å². The smallest absolute Gasteiger partial charge is 0.244 e. The first-order valence-corrected chi connectivity index (χ1v) is 8.87. The predicted molar refractivity (Wildman–Crippen MR) is 89.8 cm³/mol. The number of carbonyl (C=O) groups is 1. The van der Waals surface area contributed by atoms with Crippen molar-refractivity contribution in [2.24, 2.45) is 5.92 Å². The van der Waals surface area contributed by atoms with Crippen LogP contribution in [0, 0.1) is 5.92 Å². The van der Waals surface area contributed by atoms with E-state index >= 15 is 0 Å². The summed E-state index contributed by atoms with van der Waals surface area (Å²) in [4.78, 5) is 21.1. The third kappa shape index (κ3) is 2.99. The third-order valence-electron chi connectivity index (χ3n) is 4.65. The molecule has 1 aliphatic heterocycles. The molecule has 1 saturated heterocycles. The van der Waals surface area contributed by atoms with E-state index in [1.165, 1.54) is 24.2 Å². The maximum Gasteiger partial charge on any atom is 0.244 e. The number of thiazole rings is 1. The number of amides is 1. The number of nitrogens with zero attached hydrogens (tertiary/aromatic N) is 2. The fourth-order valence-electron chi connectivity index (χ4n) is 3.46. The number of carbonyl (C=O) groups excluding carboxylic acids is 1. The fourth-order valence-corrected chi connectivity index (χ4v) is 4.19. The number of anilines is 1. The van der Waals surface area contributed by atoms with Crippen LogP contribution in [0.2, 0.25) is 0 Å². The van der Waals surface area contributed by atoms with Crippen LogP contribution in [-0.2, 0) is 4.79 Å². The average molecular weight is 329 g/mol. The van der Waals surface area contributed by atoms with E-state index in [-0.39, 0.29) is 11.9 Å². The lowest BCUT2D eigenvalue weighted by atomic mass is 9.81. The number of aromatic nitrogens is 2. The van der Waals surface area contributed by atoms with Gasteiger partial charge in [0.1, 0.15) is 6.04 Å². The molecule has 0 spiro atoms. The Hall–Kier alpha value is -1.83. The van der Waals surface area contributed by atoms with E-state index in [0.717, 1.165) is 24.1 Å². The highest BCUT2D eigenvalue weighted by molar-refractivity contribution is 7.14. The van der Waals surface area contributed by atoms with Crippen LogP contribution in [0.5, 0.6) is 0 Å². The van der Waals surface area contributed by atoms with E-state index in [9.17, 15) is 4.79 Å². The normalized spacial score (nSPS) is 26.7. The topological polar surface area (TPSA) is 78.9 Å². The van der Waals surface area contributed by atoms with E-state index in [2.05, 4.69) is 26.1 Å². The van der Waals surface area contributed by atoms with Gasteiger partial charge in [0.05, 0.1) is 5.69 Å². The summed E-state index contributed by atoms with van der Waals surface area (Å²) in [5, 5.41) is 5.53. The molecule has 1 amide bonds. The second-order valence-corrected chi connectivity index (χ2v) is 6.95. The van der Waals surface area contributed by atoms with Gasteiger partial charge in [0, 0.05) is 35.3 Å². The van der Waals surface area contributed by atoms with Gasteiger partial charge in [-0.1, -0.05) is 12.8 Å². The van der Waals surface area contributed by atoms with Crippen LogP contribution < -0.4 is 16.2 Å². The molecule has 4 rings (SSSR count). The number of hydrogen-bond acceptors (Lipinski definition) is 6. The lowest BCUT2D eigenvalue weighted by molar-refractivity contribution is -0.118. The summed E-state index contributed by atoms with van der Waals surface area (Å²) in [6.45, 7) is 0. The highest BCUT2D eigenvalue weighted by Gasteiger charge is 2.41. The van der Waals surface area contributed by atoms with Crippen LogP contribution in [0.3, 0.4) is 0 Å². The maximum absolute atomic E-state index is 12.6. The van der Waals surface area contributed by atoms with Gasteiger partial charge >= 0.3 is 0 Å². The number of nitrogens with one attached hydrogen (secondary N) is 3. The molecule has 120 valence electrons. The molecule has 0 bridgehead atoms. The number of rotatable bonds is 3. The van der Waals surface area contributed by atoms with Crippen LogP contribution in [0.15, 0.2) is 29.9 Å². The first-order valence-electron chi connectivity index (χ1n) is 7.99. The summed E-state index contributed by atoms with van der Waals surface area (Å²) in [7, 11) is 0. The SMILES string of the molecule is O=C(Nc1nc(-c2cccnc2)cs1)C1NNC2CCCCC21. The molecule has 1 saturated carbocycles. The molecule has 2 fully saturated rings. The molecule has 6 nitrogen and oxygen atoms in total. The Morgan fingerprint density at radius 2 is 2.22 bits per heavy atom. The van der Waals surface area contributed by atoms with Crippen molar-refractivity contribution < 1.29 is 4.79 Å². The molecule has 0 radical (unpaired) electrons. The van der Waals surface area contributed by atoms with Crippen LogP contribution >= 0.6 is 11.3 Å². The molecular weight excluding hydrogens is 310 g/mol. The Balaban J connectivity index is 1.44. The molecule has 1 aliphatic carbocycles. The summed E-state index contributed by atoms with van der Waals surface area (Å²) >= 11 is 1.44. The first kappa shape index (κ1) is 14.7. The largest absolute Gasteiger partial charge is 0.301 e. The zero-order chi connectivity index (χ0) is 15.6. The fraction of sp³-hybridized carbons (Fsp3) is 0.438. The number of pyridine rings is 1. The molecule has 2 aromatic heterocycles. The Kier molecular flexibility index (Phi) is 4.07. The summed E-state index contributed by atoms with van der Waals surface area (Å²) in [6.07, 6.45) is 8.20. The highest BCUT2D eigenvalue weighted by Crippen LogP contribution is 2.31. The standard InChI is InChI=1S/C16H19N5OS/c22-15(14-11-5-1-2-6-12(11)20-21-14)19-16-18-13(9-23-16)10-4-3-7-17-8-10/h3-4,7-9,11-12,14,20-21H,1-2,5-6H2,(H,18,19,22). The zero-order valence-corrected chi connectivity index (χ0v) is 13.5. The quantitative estimate of drug-likeness (QED) is 0.804. The van der Waals surface area contributed by atoms with Gasteiger partial charge < -0.3 is 5.32 Å². The van der Waals surface area contributed by atoms with Crippen LogP contribution in [-0.4, -0.2) is 28.0 Å². The predicted octanol–water partition coefficient (Wildman–Crippen LogP) is 2.18. The lowest BCUT2D eigenvalue weighted by Crippen LogP contribution is -2.42. The molecule has 2 aromatic rings. The zero-order valence-electron chi connectivity index (χ0n) is 12.7. The number of hydrogen-bond donors (Lipinski definition) is 3. The Morgan fingerprint density at radius 1 is 1.30 bits per heavy atom. The average Bonchev–Trinajstić information content (AvgIpc) is 3.22. The minimum atomic E-state index is -0.175. The van der Waals surface area contributed by atoms with Crippen molar-refractivity contribution in [3.05, 3.63) is 29.9 Å². The van der Waals surface area contributed by atoms with Gasteiger partial charge in [0.15, 0.2) is 5.13 Å². The van der Waals surface area contributed by atoms with Crippen molar-refractivity contribution in [2.45, 2.75) is 37.8 Å². The molecule has 0 aromatic carbocycles. The number of hydrazine groups is 1. The van der Waals surface area contributed by atoms with Crippen molar-refractivity contribution in [2.75, 3.05) is 5.32 Å². The molecule has 3 atom stereocenters. The Labute approximate surface area is 138 Å². The highest BCUT2D eigenvalue weighted by atomic mass is 32.1. The minimum absolute atomic E-state index is 0.000938. The van der Waals surface area contributed by atoms with Gasteiger partial charge in [-0.05, 0) is 25.0 Å². The van der Waals surface area contributed by atoms with Crippen LogP contribution in [0.4, 0.5) is 5.13 Å². The van der Waals surface area contributed by atoms with Gasteiger partial charge in [0.25, 0.3) is 0 Å². The van der Waals surface area contributed by atoms with E-state index in [0.29, 0.717) is 17.1 Å². The molecule has 23 heavy (non-hydrogen) atoms. The summed E-state index contributed by atoms with van der Waals surface area (Å²) in [5.41, 5.74) is 8.23. The Bertz CT molecular complexity index is 689. The second-order valence-electron chi connectivity index (χ2n) is 6.09. The third-order valence-corrected chi connectivity index (χ3v) is 5.40. The van der Waals surface area contributed by atoms with Crippen molar-refractivity contribution in [3.63, 3.8) is 0 Å². The number of fused-ring (bicyclic) bond motifs is 1. The van der Waals surface area contributed by atoms with Gasteiger partial charge in [-0.15, -0.1) is 11.3 Å². The second kappa shape index (κ2) is 6.35. The van der Waals surface area contributed by atoms with E-state index in [1.54, 1.807) is 12.4 Å². The van der Waals surface area contributed by atoms with Crippen molar-refractivity contribution in [1.82, 2.24) is 20.8 Å². The molecule has 3 heterocycles. The van der Waals surface area contributed by atoms with Gasteiger partial charge in [-0.25, -0.2) is 10.4 Å². The lowest BCUT2D eigenvalue weighted by Gasteiger charge is -2.26. The van der Waals surface area contributed by atoms with Gasteiger partial charge in [-0.3, -0.25) is 15.2 Å². The summed E-state index contributed by atoms with van der Waals surface area (Å²) < 4.78 is 0. The van der Waals surface area contributed by atoms with E-state index in [1.807, 2.05) is 17.5 Å². The monoisotopic (exact) mass is 329 g/mol. The van der Waals surface area contributed by atoms with Crippen molar-refractivity contribution in [1.29, 1.82) is 0 Å². The van der Waals surface area contributed by atoms with Crippen LogP contribution in [0.25, 0.3) is 11.3 Å². The molecule has 3 N–H and O–H groups in total. The maximum atomic E-state index is 12.6. The van der Waals surface area contributed by atoms with Gasteiger partial charge in [-0.2, -0.15) is 0 Å². The summed E-state index contributed by atoms with van der Waals surface area (Å²) in [6, 6.07) is 4.08. The van der Waals surface area contributed by atoms with Crippen LogP contribution in [0.1, 0.15) is 25.7 Å².